The summed E-state index contributed by atoms with van der Waals surface area (Å²) >= 11 is 0. The molecular weight excluding hydrogens is 236 g/mol. The van der Waals surface area contributed by atoms with E-state index in [1.807, 2.05) is 0 Å². The van der Waals surface area contributed by atoms with Gasteiger partial charge in [-0.1, -0.05) is 45.4 Å². The summed E-state index contributed by atoms with van der Waals surface area (Å²) in [7, 11) is 0. The lowest BCUT2D eigenvalue weighted by atomic mass is 9.80. The first-order valence-corrected chi connectivity index (χ1v) is 8.17. The van der Waals surface area contributed by atoms with Gasteiger partial charge in [0.05, 0.1) is 0 Å². The van der Waals surface area contributed by atoms with Gasteiger partial charge in [-0.25, -0.2) is 0 Å². The molecule has 3 N–H and O–H groups in total. The maximum atomic E-state index is 12.3. The molecular formula is C16H30N2O. The minimum absolute atomic E-state index is 0.183. The number of carbonyl (C=O) groups excluding carboxylic acids is 1. The van der Waals surface area contributed by atoms with E-state index >= 15 is 0 Å². The molecule has 2 unspecified atom stereocenters. The van der Waals surface area contributed by atoms with Crippen molar-refractivity contribution in [2.75, 3.05) is 0 Å². The molecule has 0 aromatic rings. The fourth-order valence-corrected chi connectivity index (χ4v) is 3.72. The van der Waals surface area contributed by atoms with Crippen molar-refractivity contribution in [3.8, 4) is 0 Å². The molecule has 0 bridgehead atoms. The number of carbonyl (C=O) groups is 1. The highest BCUT2D eigenvalue weighted by Gasteiger charge is 2.31. The molecule has 3 heteroatoms. The molecule has 2 aliphatic carbocycles. The van der Waals surface area contributed by atoms with Gasteiger partial charge in [0.15, 0.2) is 0 Å². The number of amides is 1. The first-order chi connectivity index (χ1) is 9.09. The topological polar surface area (TPSA) is 55.1 Å². The second-order valence-electron chi connectivity index (χ2n) is 6.89. The van der Waals surface area contributed by atoms with E-state index in [2.05, 4.69) is 12.2 Å². The Labute approximate surface area is 117 Å². The molecule has 2 rings (SSSR count). The second kappa shape index (κ2) is 6.74. The van der Waals surface area contributed by atoms with Crippen LogP contribution in [0.3, 0.4) is 0 Å². The fourth-order valence-electron chi connectivity index (χ4n) is 3.72. The molecule has 110 valence electrons. The molecule has 0 aromatic heterocycles. The molecule has 0 spiro atoms. The van der Waals surface area contributed by atoms with E-state index in [1.165, 1.54) is 44.9 Å². The van der Waals surface area contributed by atoms with Crippen molar-refractivity contribution in [2.24, 2.45) is 11.7 Å². The van der Waals surface area contributed by atoms with Crippen molar-refractivity contribution in [3.05, 3.63) is 0 Å². The standard InChI is InChI=1S/C16H30N2O/c1-13-8-4-2-5-9-14(13)18-15(19)12-16(17)10-6-3-7-11-16/h13-14H,2-12,17H2,1H3,(H,18,19). The molecule has 1 amide bonds. The lowest BCUT2D eigenvalue weighted by Gasteiger charge is -2.33. The van der Waals surface area contributed by atoms with Crippen molar-refractivity contribution in [3.63, 3.8) is 0 Å². The molecule has 0 saturated heterocycles. The Hall–Kier alpha value is -0.570. The quantitative estimate of drug-likeness (QED) is 0.771. The molecule has 0 heterocycles. The van der Waals surface area contributed by atoms with Crippen molar-refractivity contribution in [2.45, 2.75) is 89.1 Å². The Kier molecular flexibility index (Phi) is 5.26. The van der Waals surface area contributed by atoms with Gasteiger partial charge in [0.1, 0.15) is 0 Å². The largest absolute Gasteiger partial charge is 0.353 e. The molecule has 2 aliphatic rings. The Bertz CT molecular complexity index is 297. The molecule has 3 nitrogen and oxygen atoms in total. The summed E-state index contributed by atoms with van der Waals surface area (Å²) < 4.78 is 0. The number of hydrogen-bond acceptors (Lipinski definition) is 2. The van der Waals surface area contributed by atoms with Gasteiger partial charge in [-0.3, -0.25) is 4.79 Å². The van der Waals surface area contributed by atoms with Gasteiger partial charge in [-0.05, 0) is 31.6 Å². The predicted molar refractivity (Wildman–Crippen MR) is 78.8 cm³/mol. The number of rotatable bonds is 3. The van der Waals surface area contributed by atoms with E-state index in [-0.39, 0.29) is 11.4 Å². The zero-order chi connectivity index (χ0) is 13.7. The van der Waals surface area contributed by atoms with Crippen LogP contribution in [0.2, 0.25) is 0 Å². The second-order valence-corrected chi connectivity index (χ2v) is 6.89. The maximum Gasteiger partial charge on any atom is 0.222 e. The normalized spacial score (nSPS) is 31.5. The van der Waals surface area contributed by atoms with Gasteiger partial charge >= 0.3 is 0 Å². The molecule has 2 saturated carbocycles. The van der Waals surface area contributed by atoms with Crippen LogP contribution in [0.5, 0.6) is 0 Å². The van der Waals surface area contributed by atoms with Crippen LogP contribution in [0.25, 0.3) is 0 Å². The zero-order valence-corrected chi connectivity index (χ0v) is 12.4. The Morgan fingerprint density at radius 3 is 2.47 bits per heavy atom. The van der Waals surface area contributed by atoms with Crippen LogP contribution in [-0.4, -0.2) is 17.5 Å². The summed E-state index contributed by atoms with van der Waals surface area (Å²) in [5.41, 5.74) is 6.14. The first-order valence-electron chi connectivity index (χ1n) is 8.17. The Balaban J connectivity index is 1.82. The summed E-state index contributed by atoms with van der Waals surface area (Å²) in [6, 6.07) is 0.377. The molecule has 19 heavy (non-hydrogen) atoms. The van der Waals surface area contributed by atoms with Gasteiger partial charge in [0.2, 0.25) is 5.91 Å². The van der Waals surface area contributed by atoms with Crippen LogP contribution in [0.15, 0.2) is 0 Å². The minimum Gasteiger partial charge on any atom is -0.353 e. The average Bonchev–Trinajstić information content (AvgIpc) is 2.55. The maximum absolute atomic E-state index is 12.3. The molecule has 0 aromatic carbocycles. The summed E-state index contributed by atoms with van der Waals surface area (Å²) in [5, 5.41) is 3.26. The van der Waals surface area contributed by atoms with Crippen molar-refractivity contribution >= 4 is 5.91 Å². The van der Waals surface area contributed by atoms with Crippen LogP contribution in [0.1, 0.15) is 77.6 Å². The van der Waals surface area contributed by atoms with E-state index in [9.17, 15) is 4.79 Å². The van der Waals surface area contributed by atoms with Crippen LogP contribution < -0.4 is 11.1 Å². The van der Waals surface area contributed by atoms with E-state index in [1.54, 1.807) is 0 Å². The van der Waals surface area contributed by atoms with Crippen molar-refractivity contribution in [1.82, 2.24) is 5.32 Å². The van der Waals surface area contributed by atoms with Gasteiger partial charge in [0.25, 0.3) is 0 Å². The molecule has 0 radical (unpaired) electrons. The monoisotopic (exact) mass is 266 g/mol. The SMILES string of the molecule is CC1CCCCCC1NC(=O)CC1(N)CCCCC1. The van der Waals surface area contributed by atoms with Gasteiger partial charge in [-0.2, -0.15) is 0 Å². The highest BCUT2D eigenvalue weighted by molar-refractivity contribution is 5.77. The van der Waals surface area contributed by atoms with Crippen LogP contribution in [0, 0.1) is 5.92 Å². The average molecular weight is 266 g/mol. The highest BCUT2D eigenvalue weighted by Crippen LogP contribution is 2.29. The van der Waals surface area contributed by atoms with E-state index in [4.69, 9.17) is 5.73 Å². The third-order valence-electron chi connectivity index (χ3n) is 5.07. The fraction of sp³-hybridized carbons (Fsp3) is 0.938. The molecule has 0 aliphatic heterocycles. The smallest absolute Gasteiger partial charge is 0.222 e. The Morgan fingerprint density at radius 2 is 1.74 bits per heavy atom. The van der Waals surface area contributed by atoms with Crippen LogP contribution >= 0.6 is 0 Å². The third-order valence-corrected chi connectivity index (χ3v) is 5.07. The van der Waals surface area contributed by atoms with Crippen LogP contribution in [0.4, 0.5) is 0 Å². The highest BCUT2D eigenvalue weighted by atomic mass is 16.1. The van der Waals surface area contributed by atoms with E-state index in [0.717, 1.165) is 19.3 Å². The van der Waals surface area contributed by atoms with E-state index < -0.39 is 0 Å². The van der Waals surface area contributed by atoms with E-state index in [0.29, 0.717) is 18.4 Å². The minimum atomic E-state index is -0.226. The number of nitrogens with two attached hydrogens (primary N) is 1. The summed E-state index contributed by atoms with van der Waals surface area (Å²) in [6.07, 6.45) is 12.5. The van der Waals surface area contributed by atoms with Crippen molar-refractivity contribution in [1.29, 1.82) is 0 Å². The van der Waals surface area contributed by atoms with Gasteiger partial charge in [-0.15, -0.1) is 0 Å². The summed E-state index contributed by atoms with van der Waals surface area (Å²) in [4.78, 5) is 12.3. The first kappa shape index (κ1) is 14.8. The number of hydrogen-bond donors (Lipinski definition) is 2. The predicted octanol–water partition coefficient (Wildman–Crippen LogP) is 3.12. The Morgan fingerprint density at radius 1 is 1.11 bits per heavy atom. The van der Waals surface area contributed by atoms with Crippen molar-refractivity contribution < 1.29 is 4.79 Å². The molecule has 2 atom stereocenters. The third kappa shape index (κ3) is 4.48. The van der Waals surface area contributed by atoms with Gasteiger partial charge < -0.3 is 11.1 Å². The van der Waals surface area contributed by atoms with Crippen LogP contribution in [-0.2, 0) is 4.79 Å². The number of nitrogens with one attached hydrogen (secondary N) is 1. The summed E-state index contributed by atoms with van der Waals surface area (Å²) in [5.74, 6) is 0.801. The zero-order valence-electron chi connectivity index (χ0n) is 12.4. The van der Waals surface area contributed by atoms with Gasteiger partial charge in [0, 0.05) is 18.0 Å². The lowest BCUT2D eigenvalue weighted by Crippen LogP contribution is -2.48. The lowest BCUT2D eigenvalue weighted by molar-refractivity contribution is -0.123. The summed E-state index contributed by atoms with van der Waals surface area (Å²) in [6.45, 7) is 2.27. The molecule has 2 fully saturated rings.